The van der Waals surface area contributed by atoms with Crippen molar-refractivity contribution in [2.75, 3.05) is 0 Å². The second-order valence-corrected chi connectivity index (χ2v) is 10.9. The first kappa shape index (κ1) is 25.4. The summed E-state index contributed by atoms with van der Waals surface area (Å²) in [6, 6.07) is 14.8. The van der Waals surface area contributed by atoms with Crippen LogP contribution in [-0.4, -0.2) is 10.5 Å². The highest BCUT2D eigenvalue weighted by Gasteiger charge is 2.27. The molecule has 0 radical (unpaired) electrons. The topological polar surface area (TPSA) is 21.3 Å². The molecule has 2 aromatic rings. The van der Waals surface area contributed by atoms with Gasteiger partial charge < -0.3 is 10.1 Å². The number of thiocarbonyl (C=S) groups is 1. The molecule has 0 heterocycles. The molecule has 170 valence electrons. The Morgan fingerprint density at radius 1 is 0.806 bits per heavy atom. The van der Waals surface area contributed by atoms with Crippen molar-refractivity contribution in [1.82, 2.24) is 5.32 Å². The van der Waals surface area contributed by atoms with Crippen LogP contribution >= 0.6 is 12.2 Å². The Hall–Kier alpha value is -1.87. The van der Waals surface area contributed by atoms with Crippen molar-refractivity contribution < 1.29 is 4.74 Å². The lowest BCUT2D eigenvalue weighted by Gasteiger charge is -2.31. The van der Waals surface area contributed by atoms with Gasteiger partial charge in [-0.2, -0.15) is 0 Å². The maximum absolute atomic E-state index is 6.57. The van der Waals surface area contributed by atoms with Crippen LogP contribution in [-0.2, 0) is 10.8 Å². The van der Waals surface area contributed by atoms with E-state index in [0.717, 1.165) is 41.3 Å². The first-order chi connectivity index (χ1) is 14.4. The SMILES string of the molecule is CCC(C)(C)NC(=S)c1ccccc1Oc1ccc(C(C)(C)CC)cc1C(C)(C)CC. The van der Waals surface area contributed by atoms with Crippen molar-refractivity contribution in [3.05, 3.63) is 59.2 Å². The number of para-hydroxylation sites is 1. The second-order valence-electron chi connectivity index (χ2n) is 10.5. The molecule has 0 fully saturated rings. The summed E-state index contributed by atoms with van der Waals surface area (Å²) < 4.78 is 6.57. The molecular weight excluding hydrogens is 398 g/mol. The van der Waals surface area contributed by atoms with Gasteiger partial charge in [0.15, 0.2) is 0 Å². The quantitative estimate of drug-likeness (QED) is 0.397. The van der Waals surface area contributed by atoms with Crippen molar-refractivity contribution in [3.8, 4) is 11.5 Å². The van der Waals surface area contributed by atoms with E-state index in [0.29, 0.717) is 0 Å². The lowest BCUT2D eigenvalue weighted by Crippen LogP contribution is -2.42. The average Bonchev–Trinajstić information content (AvgIpc) is 2.73. The Morgan fingerprint density at radius 2 is 1.42 bits per heavy atom. The summed E-state index contributed by atoms with van der Waals surface area (Å²) in [5.74, 6) is 1.70. The first-order valence-electron chi connectivity index (χ1n) is 11.6. The molecule has 0 spiro atoms. The molecule has 0 atom stereocenters. The minimum absolute atomic E-state index is 0.00701. The highest BCUT2D eigenvalue weighted by atomic mass is 32.1. The van der Waals surface area contributed by atoms with E-state index < -0.39 is 0 Å². The van der Waals surface area contributed by atoms with E-state index in [1.165, 1.54) is 11.1 Å². The van der Waals surface area contributed by atoms with Crippen molar-refractivity contribution >= 4 is 17.2 Å². The molecule has 0 unspecified atom stereocenters. The summed E-state index contributed by atoms with van der Waals surface area (Å²) in [6.07, 6.45) is 3.11. The van der Waals surface area contributed by atoms with E-state index in [-0.39, 0.29) is 16.4 Å². The third kappa shape index (κ3) is 6.10. The number of benzene rings is 2. The van der Waals surface area contributed by atoms with Crippen molar-refractivity contribution in [1.29, 1.82) is 0 Å². The summed E-state index contributed by atoms with van der Waals surface area (Å²) in [5, 5.41) is 3.49. The molecule has 0 saturated carbocycles. The molecule has 0 saturated heterocycles. The minimum atomic E-state index is -0.0626. The Balaban J connectivity index is 2.51. The van der Waals surface area contributed by atoms with Gasteiger partial charge in [-0.1, -0.05) is 84.9 Å². The molecule has 2 nitrogen and oxygen atoms in total. The van der Waals surface area contributed by atoms with Crippen LogP contribution in [0.1, 0.15) is 98.3 Å². The molecule has 2 aromatic carbocycles. The molecule has 0 aliphatic carbocycles. The van der Waals surface area contributed by atoms with Crippen LogP contribution in [0.15, 0.2) is 42.5 Å². The molecule has 1 N–H and O–H groups in total. The van der Waals surface area contributed by atoms with Gasteiger partial charge in [-0.3, -0.25) is 0 Å². The molecular formula is C28H41NOS. The third-order valence-corrected chi connectivity index (χ3v) is 7.27. The third-order valence-electron chi connectivity index (χ3n) is 6.95. The summed E-state index contributed by atoms with van der Waals surface area (Å²) in [7, 11) is 0. The van der Waals surface area contributed by atoms with E-state index >= 15 is 0 Å². The lowest BCUT2D eigenvalue weighted by molar-refractivity contribution is 0.429. The average molecular weight is 440 g/mol. The fraction of sp³-hybridized carbons (Fsp3) is 0.536. The Kier molecular flexibility index (Phi) is 7.97. The van der Waals surface area contributed by atoms with Gasteiger partial charge in [0, 0.05) is 11.1 Å². The van der Waals surface area contributed by atoms with Crippen LogP contribution in [0.2, 0.25) is 0 Å². The standard InChI is InChI=1S/C28H41NOS/c1-10-26(4,5)20-17-18-24(22(19-20)27(6,7)11-2)30-23-16-14-13-15-21(23)25(31)29-28(8,9)12-3/h13-19H,10-12H2,1-9H3,(H,29,31). The lowest BCUT2D eigenvalue weighted by atomic mass is 9.76. The van der Waals surface area contributed by atoms with Gasteiger partial charge in [-0.25, -0.2) is 0 Å². The molecule has 3 heteroatoms. The van der Waals surface area contributed by atoms with Gasteiger partial charge in [-0.15, -0.1) is 0 Å². The zero-order valence-electron chi connectivity index (χ0n) is 21.0. The minimum Gasteiger partial charge on any atom is -0.456 e. The number of hydrogen-bond acceptors (Lipinski definition) is 2. The van der Waals surface area contributed by atoms with Gasteiger partial charge in [0.05, 0.1) is 5.56 Å². The van der Waals surface area contributed by atoms with Crippen LogP contribution in [0.4, 0.5) is 0 Å². The number of ether oxygens (including phenoxy) is 1. The summed E-state index contributed by atoms with van der Waals surface area (Å²) >= 11 is 5.76. The zero-order chi connectivity index (χ0) is 23.4. The van der Waals surface area contributed by atoms with Gasteiger partial charge >= 0.3 is 0 Å². The number of nitrogens with one attached hydrogen (secondary N) is 1. The van der Waals surface area contributed by atoms with Crippen LogP contribution in [0.5, 0.6) is 11.5 Å². The Bertz CT molecular complexity index is 911. The zero-order valence-corrected chi connectivity index (χ0v) is 21.8. The molecule has 0 aliphatic heterocycles. The summed E-state index contributed by atoms with van der Waals surface area (Å²) in [5.41, 5.74) is 3.61. The van der Waals surface area contributed by atoms with Gasteiger partial charge in [0.2, 0.25) is 0 Å². The van der Waals surface area contributed by atoms with Gasteiger partial charge in [0.1, 0.15) is 16.5 Å². The van der Waals surface area contributed by atoms with Crippen molar-refractivity contribution in [2.45, 2.75) is 97.9 Å². The van der Waals surface area contributed by atoms with Gasteiger partial charge in [-0.05, 0) is 67.7 Å². The Morgan fingerprint density at radius 3 is 2.00 bits per heavy atom. The highest BCUT2D eigenvalue weighted by molar-refractivity contribution is 7.80. The van der Waals surface area contributed by atoms with E-state index in [1.807, 2.05) is 24.3 Å². The number of hydrogen-bond donors (Lipinski definition) is 1. The molecule has 0 aromatic heterocycles. The van der Waals surface area contributed by atoms with E-state index in [2.05, 4.69) is 85.8 Å². The molecule has 31 heavy (non-hydrogen) atoms. The second kappa shape index (κ2) is 9.73. The predicted molar refractivity (Wildman–Crippen MR) is 139 cm³/mol. The van der Waals surface area contributed by atoms with E-state index in [4.69, 9.17) is 17.0 Å². The maximum Gasteiger partial charge on any atom is 0.137 e. The summed E-state index contributed by atoms with van der Waals surface area (Å²) in [6.45, 7) is 20.2. The smallest absolute Gasteiger partial charge is 0.137 e. The van der Waals surface area contributed by atoms with Crippen LogP contribution in [0, 0.1) is 0 Å². The van der Waals surface area contributed by atoms with Crippen LogP contribution < -0.4 is 10.1 Å². The molecule has 2 rings (SSSR count). The largest absolute Gasteiger partial charge is 0.456 e. The monoisotopic (exact) mass is 439 g/mol. The van der Waals surface area contributed by atoms with Crippen molar-refractivity contribution in [3.63, 3.8) is 0 Å². The molecule has 0 aliphatic rings. The highest BCUT2D eigenvalue weighted by Crippen LogP contribution is 2.40. The Labute approximate surface area is 195 Å². The summed E-state index contributed by atoms with van der Waals surface area (Å²) in [4.78, 5) is 0.725. The van der Waals surface area contributed by atoms with Crippen molar-refractivity contribution in [2.24, 2.45) is 0 Å². The first-order valence-corrected chi connectivity index (χ1v) is 12.0. The van der Waals surface area contributed by atoms with E-state index in [9.17, 15) is 0 Å². The van der Waals surface area contributed by atoms with Crippen LogP contribution in [0.25, 0.3) is 0 Å². The normalized spacial score (nSPS) is 12.5. The van der Waals surface area contributed by atoms with E-state index in [1.54, 1.807) is 0 Å². The predicted octanol–water partition coefficient (Wildman–Crippen LogP) is 8.31. The van der Waals surface area contributed by atoms with Gasteiger partial charge in [0.25, 0.3) is 0 Å². The fourth-order valence-corrected chi connectivity index (χ4v) is 3.73. The molecule has 0 amide bonds. The fourth-order valence-electron chi connectivity index (χ4n) is 3.29. The molecule has 0 bridgehead atoms. The number of rotatable bonds is 9. The van der Waals surface area contributed by atoms with Crippen LogP contribution in [0.3, 0.4) is 0 Å². The maximum atomic E-state index is 6.57.